The Balaban J connectivity index is 2.10. The van der Waals surface area contributed by atoms with Crippen LogP contribution in [0.2, 0.25) is 5.02 Å². The fourth-order valence-corrected chi connectivity index (χ4v) is 2.37. The molecule has 1 saturated heterocycles. The van der Waals surface area contributed by atoms with E-state index in [0.29, 0.717) is 36.2 Å². The number of pyridine rings is 1. The number of nitrogens with zero attached hydrogens (tertiary/aromatic N) is 3. The zero-order valence-electron chi connectivity index (χ0n) is 11.8. The molecule has 114 valence electrons. The van der Waals surface area contributed by atoms with Crippen LogP contribution < -0.4 is 11.3 Å². The minimum absolute atomic E-state index is 0.193. The van der Waals surface area contributed by atoms with Gasteiger partial charge in [0, 0.05) is 19.6 Å². The number of amides is 2. The largest absolute Gasteiger partial charge is 0.333 e. The first-order valence-electron chi connectivity index (χ1n) is 6.77. The molecule has 8 heteroatoms. The third kappa shape index (κ3) is 3.43. The van der Waals surface area contributed by atoms with Crippen LogP contribution in [0.1, 0.15) is 19.0 Å². The normalized spacial score (nSPS) is 15.6. The van der Waals surface area contributed by atoms with E-state index in [1.54, 1.807) is 17.0 Å². The summed E-state index contributed by atoms with van der Waals surface area (Å²) in [6.07, 6.45) is 0.830. The van der Waals surface area contributed by atoms with E-state index in [1.807, 2.05) is 6.92 Å². The lowest BCUT2D eigenvalue weighted by Crippen LogP contribution is -2.54. The van der Waals surface area contributed by atoms with Crippen LogP contribution >= 0.6 is 11.6 Å². The lowest BCUT2D eigenvalue weighted by molar-refractivity contribution is -0.156. The second kappa shape index (κ2) is 6.73. The van der Waals surface area contributed by atoms with Gasteiger partial charge in [-0.1, -0.05) is 18.5 Å². The van der Waals surface area contributed by atoms with Gasteiger partial charge in [-0.25, -0.2) is 10.8 Å². The van der Waals surface area contributed by atoms with Gasteiger partial charge in [0.15, 0.2) is 0 Å². The highest BCUT2D eigenvalue weighted by Gasteiger charge is 2.32. The number of hydrogen-bond acceptors (Lipinski definition) is 5. The summed E-state index contributed by atoms with van der Waals surface area (Å²) < 4.78 is 0. The maximum atomic E-state index is 12.1. The highest BCUT2D eigenvalue weighted by molar-refractivity contribution is 6.35. The fourth-order valence-electron chi connectivity index (χ4n) is 2.21. The number of rotatable bonds is 5. The molecule has 0 radical (unpaired) electrons. The zero-order chi connectivity index (χ0) is 15.4. The van der Waals surface area contributed by atoms with Crippen molar-refractivity contribution in [2.75, 3.05) is 25.1 Å². The number of anilines is 1. The topological polar surface area (TPSA) is 91.6 Å². The average molecular weight is 312 g/mol. The molecule has 0 unspecified atom stereocenters. The average Bonchev–Trinajstić information content (AvgIpc) is 2.49. The minimum Gasteiger partial charge on any atom is -0.333 e. The van der Waals surface area contributed by atoms with Crippen LogP contribution in [0, 0.1) is 0 Å². The molecule has 2 heterocycles. The molecule has 1 aromatic heterocycles. The smallest absolute Gasteiger partial charge is 0.312 e. The van der Waals surface area contributed by atoms with Gasteiger partial charge in [0.1, 0.15) is 5.82 Å². The molecular formula is C13H18ClN5O2. The van der Waals surface area contributed by atoms with Crippen LogP contribution in [-0.4, -0.2) is 46.2 Å². The Morgan fingerprint density at radius 2 is 1.95 bits per heavy atom. The van der Waals surface area contributed by atoms with Crippen molar-refractivity contribution < 1.29 is 9.59 Å². The summed E-state index contributed by atoms with van der Waals surface area (Å²) >= 11 is 6.07. The van der Waals surface area contributed by atoms with Gasteiger partial charge >= 0.3 is 11.8 Å². The summed E-state index contributed by atoms with van der Waals surface area (Å²) in [7, 11) is 0. The summed E-state index contributed by atoms with van der Waals surface area (Å²) in [6, 6.07) is 3.29. The molecule has 0 aromatic carbocycles. The van der Waals surface area contributed by atoms with E-state index in [-0.39, 0.29) is 6.54 Å². The lowest BCUT2D eigenvalue weighted by atomic mass is 10.2. The van der Waals surface area contributed by atoms with E-state index in [0.717, 1.165) is 6.42 Å². The number of nitrogens with two attached hydrogens (primary N) is 1. The Labute approximate surface area is 128 Å². The number of aromatic nitrogens is 1. The van der Waals surface area contributed by atoms with Crippen LogP contribution in [0.5, 0.6) is 0 Å². The first kappa shape index (κ1) is 15.5. The van der Waals surface area contributed by atoms with Crippen LogP contribution in [-0.2, 0) is 16.1 Å². The van der Waals surface area contributed by atoms with Crippen molar-refractivity contribution in [2.45, 2.75) is 19.9 Å². The van der Waals surface area contributed by atoms with Crippen molar-refractivity contribution in [3.63, 3.8) is 0 Å². The van der Waals surface area contributed by atoms with Crippen molar-refractivity contribution in [2.24, 2.45) is 5.84 Å². The number of nitrogens with one attached hydrogen (secondary N) is 1. The van der Waals surface area contributed by atoms with E-state index in [1.165, 1.54) is 4.90 Å². The van der Waals surface area contributed by atoms with Crippen LogP contribution in [0.3, 0.4) is 0 Å². The summed E-state index contributed by atoms with van der Waals surface area (Å²) in [5, 5.41) is 0.435. The Hall–Kier alpha value is -1.86. The Morgan fingerprint density at radius 1 is 1.29 bits per heavy atom. The molecule has 7 nitrogen and oxygen atoms in total. The number of carbonyl (C=O) groups excluding carboxylic acids is 2. The molecule has 0 bridgehead atoms. The number of carbonyl (C=O) groups is 2. The number of nitrogen functional groups attached to an aromatic ring is 1. The van der Waals surface area contributed by atoms with Gasteiger partial charge in [-0.05, 0) is 18.6 Å². The van der Waals surface area contributed by atoms with Gasteiger partial charge in [0.05, 0.1) is 17.3 Å². The second-order valence-electron chi connectivity index (χ2n) is 4.79. The number of halogens is 1. The molecule has 1 aromatic rings. The van der Waals surface area contributed by atoms with Crippen LogP contribution in [0.4, 0.5) is 5.82 Å². The zero-order valence-corrected chi connectivity index (χ0v) is 12.6. The molecule has 3 N–H and O–H groups in total. The van der Waals surface area contributed by atoms with Crippen molar-refractivity contribution in [1.29, 1.82) is 0 Å². The molecular weight excluding hydrogens is 294 g/mol. The van der Waals surface area contributed by atoms with Crippen molar-refractivity contribution in [1.82, 2.24) is 14.8 Å². The molecule has 0 aliphatic carbocycles. The van der Waals surface area contributed by atoms with Crippen LogP contribution in [0.25, 0.3) is 0 Å². The summed E-state index contributed by atoms with van der Waals surface area (Å²) in [6.45, 7) is 3.77. The van der Waals surface area contributed by atoms with E-state index in [2.05, 4.69) is 10.4 Å². The molecule has 0 atom stereocenters. The van der Waals surface area contributed by atoms with Gasteiger partial charge in [-0.2, -0.15) is 0 Å². The molecule has 0 saturated carbocycles. The first-order valence-corrected chi connectivity index (χ1v) is 7.14. The fraction of sp³-hybridized carbons (Fsp3) is 0.462. The van der Waals surface area contributed by atoms with Gasteiger partial charge in [0.25, 0.3) is 0 Å². The third-order valence-corrected chi connectivity index (χ3v) is 3.64. The SMILES string of the molecule is CCCN1CCN(Cc2nc(NN)ccc2Cl)C(=O)C1=O. The van der Waals surface area contributed by atoms with Crippen molar-refractivity contribution in [3.8, 4) is 0 Å². The maximum absolute atomic E-state index is 12.1. The molecule has 1 aliphatic rings. The molecule has 21 heavy (non-hydrogen) atoms. The second-order valence-corrected chi connectivity index (χ2v) is 5.20. The Kier molecular flexibility index (Phi) is 4.98. The molecule has 2 amide bonds. The third-order valence-electron chi connectivity index (χ3n) is 3.30. The molecule has 0 spiro atoms. The minimum atomic E-state index is -0.515. The van der Waals surface area contributed by atoms with Gasteiger partial charge < -0.3 is 15.2 Å². The number of hydrazine groups is 1. The van der Waals surface area contributed by atoms with Gasteiger partial charge in [0.2, 0.25) is 0 Å². The molecule has 2 rings (SSSR count). The Morgan fingerprint density at radius 3 is 2.62 bits per heavy atom. The standard InChI is InChI=1S/C13H18ClN5O2/c1-2-5-18-6-7-19(13(21)12(18)20)8-10-9(14)3-4-11(16-10)17-15/h3-4H,2,5-8,15H2,1H3,(H,16,17). The first-order chi connectivity index (χ1) is 10.1. The predicted octanol–water partition coefficient (Wildman–Crippen LogP) is 0.601. The van der Waals surface area contributed by atoms with E-state index >= 15 is 0 Å². The predicted molar refractivity (Wildman–Crippen MR) is 79.3 cm³/mol. The van der Waals surface area contributed by atoms with Gasteiger partial charge in [-0.15, -0.1) is 0 Å². The summed E-state index contributed by atoms with van der Waals surface area (Å²) in [4.78, 5) is 31.3. The maximum Gasteiger partial charge on any atom is 0.312 e. The Bertz CT molecular complexity index is 551. The van der Waals surface area contributed by atoms with Crippen LogP contribution in [0.15, 0.2) is 12.1 Å². The highest BCUT2D eigenvalue weighted by atomic mass is 35.5. The van der Waals surface area contributed by atoms with E-state index in [4.69, 9.17) is 17.4 Å². The molecule has 1 aliphatic heterocycles. The highest BCUT2D eigenvalue weighted by Crippen LogP contribution is 2.19. The summed E-state index contributed by atoms with van der Waals surface area (Å²) in [5.41, 5.74) is 2.94. The number of hydrogen-bond donors (Lipinski definition) is 2. The van der Waals surface area contributed by atoms with E-state index in [9.17, 15) is 9.59 Å². The van der Waals surface area contributed by atoms with Crippen molar-refractivity contribution in [3.05, 3.63) is 22.8 Å². The van der Waals surface area contributed by atoms with E-state index < -0.39 is 11.8 Å². The monoisotopic (exact) mass is 311 g/mol. The lowest BCUT2D eigenvalue weighted by Gasteiger charge is -2.33. The van der Waals surface area contributed by atoms with Crippen molar-refractivity contribution >= 4 is 29.2 Å². The molecule has 1 fully saturated rings. The number of piperazine rings is 1. The van der Waals surface area contributed by atoms with Gasteiger partial charge in [-0.3, -0.25) is 9.59 Å². The summed E-state index contributed by atoms with van der Waals surface area (Å²) in [5.74, 6) is 4.78. The quantitative estimate of drug-likeness (QED) is 0.472.